The fraction of sp³-hybridized carbons (Fsp3) is 0. The fourth-order valence-corrected chi connectivity index (χ4v) is 0. The third kappa shape index (κ3) is 8.95. The Morgan fingerprint density at radius 2 is 1.25 bits per heavy atom. The molecule has 0 saturated carbocycles. The standard InChI is InChI=1S/Be.Mg.H2Se.Zn.4H/h;;1H2;;;;;/q2*+2;;;4*-1. The van der Waals surface area contributed by atoms with E-state index in [1.54, 1.807) is 0 Å². The molecule has 0 unspecified atom stereocenters. The van der Waals surface area contributed by atoms with E-state index < -0.39 is 0 Å². The molecule has 0 atom stereocenters. The van der Waals surface area contributed by atoms with Crippen LogP contribution in [-0.4, -0.2) is 50.2 Å². The van der Waals surface area contributed by atoms with Crippen molar-refractivity contribution < 1.29 is 25.2 Å². The molecule has 0 N–H and O–H groups in total. The molecule has 0 rings (SSSR count). The molecular formula is H6BeMgSeZn. The van der Waals surface area contributed by atoms with Crippen molar-refractivity contribution in [2.45, 2.75) is 0 Å². The summed E-state index contributed by atoms with van der Waals surface area (Å²) >= 11 is 0. The average Bonchev–Trinajstić information content (AvgIpc) is 0. The second-order valence-corrected chi connectivity index (χ2v) is 0. The van der Waals surface area contributed by atoms with E-state index in [0.717, 1.165) is 0 Å². The van der Waals surface area contributed by atoms with Crippen LogP contribution in [0.5, 0.6) is 0 Å². The Balaban J connectivity index is 0. The van der Waals surface area contributed by atoms with E-state index in [9.17, 15) is 0 Å². The van der Waals surface area contributed by atoms with Gasteiger partial charge in [0.25, 0.3) is 0 Å². The first kappa shape index (κ1) is 36.3. The van der Waals surface area contributed by atoms with E-state index in [4.69, 9.17) is 0 Å². The van der Waals surface area contributed by atoms with Crippen LogP contribution >= 0.6 is 0 Å². The van der Waals surface area contributed by atoms with Crippen molar-refractivity contribution in [2.75, 3.05) is 0 Å². The Morgan fingerprint density at radius 3 is 1.25 bits per heavy atom. The monoisotopic (exact) mass is 183 g/mol. The van der Waals surface area contributed by atoms with Gasteiger partial charge in [-0.3, -0.25) is 0 Å². The number of rotatable bonds is 0. The molecule has 0 bridgehead atoms. The van der Waals surface area contributed by atoms with Crippen molar-refractivity contribution >= 4 is 50.2 Å². The van der Waals surface area contributed by atoms with Gasteiger partial charge in [-0.15, -0.1) is 0 Å². The topological polar surface area (TPSA) is 0 Å². The van der Waals surface area contributed by atoms with Gasteiger partial charge in [-0.2, -0.15) is 0 Å². The van der Waals surface area contributed by atoms with Gasteiger partial charge in [-0.05, 0) is 0 Å². The summed E-state index contributed by atoms with van der Waals surface area (Å²) in [5, 5.41) is 0. The van der Waals surface area contributed by atoms with E-state index in [1.807, 2.05) is 0 Å². The SMILES string of the molecule is [Be+2].[H-].[H-].[H-].[H-].[Mg+2].[SeH2].[Zn]. The maximum Gasteiger partial charge on any atom is 0 e. The Kier molecular flexibility index (Phi) is 177. The van der Waals surface area contributed by atoms with Crippen LogP contribution in [0.2, 0.25) is 0 Å². The molecule has 0 aromatic carbocycles. The van der Waals surface area contributed by atoms with E-state index in [0.29, 0.717) is 0 Å². The molecule has 0 heterocycles. The van der Waals surface area contributed by atoms with E-state index >= 15 is 0 Å². The van der Waals surface area contributed by atoms with Crippen LogP contribution in [0.25, 0.3) is 0 Å². The van der Waals surface area contributed by atoms with E-state index in [-0.39, 0.29) is 75.4 Å². The van der Waals surface area contributed by atoms with Crippen LogP contribution in [0.1, 0.15) is 5.71 Å². The van der Waals surface area contributed by atoms with Gasteiger partial charge in [0, 0.05) is 19.5 Å². The summed E-state index contributed by atoms with van der Waals surface area (Å²) in [6.07, 6.45) is 0. The van der Waals surface area contributed by atoms with Crippen LogP contribution in [0.4, 0.5) is 0 Å². The molecule has 0 fully saturated rings. The largest absolute Gasteiger partial charge is 0 e. The van der Waals surface area contributed by atoms with E-state index in [1.165, 1.54) is 0 Å². The Hall–Kier alpha value is 2.08. The van der Waals surface area contributed by atoms with Gasteiger partial charge in [0.15, 0.2) is 0 Å². The Labute approximate surface area is 75.0 Å². The molecule has 18 valence electrons. The zero-order chi connectivity index (χ0) is 0. The van der Waals surface area contributed by atoms with Gasteiger partial charge in [0.2, 0.25) is 0 Å². The normalized spacial score (nSPS) is 0. The minimum atomic E-state index is 0. The van der Waals surface area contributed by atoms with Crippen molar-refractivity contribution in [3.05, 3.63) is 0 Å². The van der Waals surface area contributed by atoms with Gasteiger partial charge in [-0.1, -0.05) is 0 Å². The predicted octanol–water partition coefficient (Wildman–Crippen LogP) is -1.23. The Morgan fingerprint density at radius 1 is 1.25 bits per heavy atom. The first-order chi connectivity index (χ1) is 0. The summed E-state index contributed by atoms with van der Waals surface area (Å²) in [7, 11) is 0. The molecule has 4 heavy (non-hydrogen) atoms. The van der Waals surface area contributed by atoms with Crippen molar-refractivity contribution in [3.63, 3.8) is 0 Å². The molecule has 0 amide bonds. The smallest absolute Gasteiger partial charge is 0 e. The molecule has 0 spiro atoms. The summed E-state index contributed by atoms with van der Waals surface area (Å²) in [6.45, 7) is 0. The summed E-state index contributed by atoms with van der Waals surface area (Å²) in [6, 6.07) is 0. The van der Waals surface area contributed by atoms with Crippen LogP contribution in [0.3, 0.4) is 0 Å². The molecule has 0 aliphatic heterocycles. The van der Waals surface area contributed by atoms with Crippen molar-refractivity contribution in [1.82, 2.24) is 0 Å². The van der Waals surface area contributed by atoms with Gasteiger partial charge in [-0.25, -0.2) is 0 Å². The molecular weight excluding hydrogens is 178 g/mol. The summed E-state index contributed by atoms with van der Waals surface area (Å²) < 4.78 is 0. The van der Waals surface area contributed by atoms with Crippen molar-refractivity contribution in [2.24, 2.45) is 0 Å². The average molecular weight is 184 g/mol. The second kappa shape index (κ2) is 19.6. The van der Waals surface area contributed by atoms with Crippen LogP contribution < -0.4 is 0 Å². The maximum absolute atomic E-state index is 0. The zero-order valence-electron chi connectivity index (χ0n) is 6.62. The molecule has 0 aromatic heterocycles. The van der Waals surface area contributed by atoms with Gasteiger partial charge in [0.1, 0.15) is 0 Å². The predicted molar refractivity (Wildman–Crippen MR) is 24.5 cm³/mol. The second-order valence-electron chi connectivity index (χ2n) is 0. The first-order valence-corrected chi connectivity index (χ1v) is 0. The molecule has 0 saturated heterocycles. The van der Waals surface area contributed by atoms with Gasteiger partial charge < -0.3 is 5.71 Å². The first-order valence-electron chi connectivity index (χ1n) is 0. The molecule has 0 aliphatic carbocycles. The molecule has 0 aliphatic rings. The quantitative estimate of drug-likeness (QED) is 0.413. The van der Waals surface area contributed by atoms with Crippen LogP contribution in [0, 0.1) is 0 Å². The summed E-state index contributed by atoms with van der Waals surface area (Å²) in [4.78, 5) is 0. The van der Waals surface area contributed by atoms with Gasteiger partial charge in [0.05, 0.1) is 0 Å². The van der Waals surface area contributed by atoms with Crippen LogP contribution in [-0.2, 0) is 19.5 Å². The minimum Gasteiger partial charge on any atom is 0 e. The number of hydrogen-bond acceptors (Lipinski definition) is 0. The molecule has 4 heteroatoms. The van der Waals surface area contributed by atoms with Gasteiger partial charge >= 0.3 is 50.2 Å². The number of hydrogen-bond donors (Lipinski definition) is 0. The van der Waals surface area contributed by atoms with Crippen molar-refractivity contribution in [1.29, 1.82) is 0 Å². The fourth-order valence-electron chi connectivity index (χ4n) is 0. The summed E-state index contributed by atoms with van der Waals surface area (Å²) in [5.74, 6) is 0. The minimum absolute atomic E-state index is 0. The third-order valence-corrected chi connectivity index (χ3v) is 0. The van der Waals surface area contributed by atoms with E-state index in [2.05, 4.69) is 0 Å². The molecule has 0 nitrogen and oxygen atoms in total. The summed E-state index contributed by atoms with van der Waals surface area (Å²) in [5.41, 5.74) is 0. The Bertz CT molecular complexity index is 16.0. The zero-order valence-corrected chi connectivity index (χ0v) is 9.10. The molecule has 0 radical (unpaired) electrons. The van der Waals surface area contributed by atoms with Crippen molar-refractivity contribution in [3.8, 4) is 0 Å². The molecule has 0 aromatic rings. The third-order valence-electron chi connectivity index (χ3n) is 0. The maximum atomic E-state index is 0. The van der Waals surface area contributed by atoms with Crippen LogP contribution in [0.15, 0.2) is 0 Å².